The van der Waals surface area contributed by atoms with E-state index < -0.39 is 0 Å². The van der Waals surface area contributed by atoms with Crippen molar-refractivity contribution in [3.05, 3.63) is 95.2 Å². The Kier molecular flexibility index (Phi) is 10.6. The van der Waals surface area contributed by atoms with Gasteiger partial charge in [-0.2, -0.15) is 0 Å². The fraction of sp³-hybridized carbons (Fsp3) is 0.333. The Bertz CT molecular complexity index is 1020. The van der Waals surface area contributed by atoms with Crippen molar-refractivity contribution in [1.29, 1.82) is 0 Å². The number of rotatable bonds is 9. The minimum Gasteiger partial charge on any atom is -0.473 e. The van der Waals surface area contributed by atoms with Gasteiger partial charge in [0.15, 0.2) is 5.96 Å². The lowest BCUT2D eigenvalue weighted by Gasteiger charge is -2.15. The molecule has 0 saturated carbocycles. The smallest absolute Gasteiger partial charge is 0.213 e. The predicted octanol–water partition coefficient (Wildman–Crippen LogP) is 4.74. The molecule has 3 aromatic rings. The van der Waals surface area contributed by atoms with Crippen LogP contribution >= 0.6 is 24.0 Å². The Morgan fingerprint density at radius 3 is 2.26 bits per heavy atom. The predicted molar refractivity (Wildman–Crippen MR) is 148 cm³/mol. The van der Waals surface area contributed by atoms with Crippen LogP contribution in [-0.2, 0) is 26.2 Å². The highest BCUT2D eigenvalue weighted by atomic mass is 127. The molecule has 2 N–H and O–H groups in total. The molecule has 1 aromatic heterocycles. The summed E-state index contributed by atoms with van der Waals surface area (Å²) in [5, 5.41) is 6.76. The van der Waals surface area contributed by atoms with Crippen molar-refractivity contribution in [2.75, 3.05) is 20.1 Å². The average Bonchev–Trinajstić information content (AvgIpc) is 3.38. The van der Waals surface area contributed by atoms with Crippen molar-refractivity contribution >= 4 is 29.9 Å². The molecule has 0 unspecified atom stereocenters. The minimum atomic E-state index is 0. The first-order valence-electron chi connectivity index (χ1n) is 11.6. The van der Waals surface area contributed by atoms with Gasteiger partial charge >= 0.3 is 0 Å². The van der Waals surface area contributed by atoms with Crippen molar-refractivity contribution in [3.8, 4) is 5.88 Å². The van der Waals surface area contributed by atoms with Crippen LogP contribution in [0.4, 0.5) is 0 Å². The Morgan fingerprint density at radius 1 is 0.882 bits per heavy atom. The Morgan fingerprint density at radius 2 is 1.56 bits per heavy atom. The van der Waals surface area contributed by atoms with Gasteiger partial charge in [0.05, 0.1) is 0 Å². The third-order valence-corrected chi connectivity index (χ3v) is 5.80. The molecule has 6 nitrogen and oxygen atoms in total. The molecule has 2 heterocycles. The first kappa shape index (κ1) is 26.0. The molecule has 0 bridgehead atoms. The highest BCUT2D eigenvalue weighted by Crippen LogP contribution is 2.14. The van der Waals surface area contributed by atoms with Crippen LogP contribution < -0.4 is 15.4 Å². The van der Waals surface area contributed by atoms with E-state index in [9.17, 15) is 0 Å². The van der Waals surface area contributed by atoms with Gasteiger partial charge in [-0.05, 0) is 54.3 Å². The maximum Gasteiger partial charge on any atom is 0.213 e. The van der Waals surface area contributed by atoms with Crippen LogP contribution in [-0.4, -0.2) is 36.0 Å². The van der Waals surface area contributed by atoms with Gasteiger partial charge in [-0.3, -0.25) is 9.89 Å². The van der Waals surface area contributed by atoms with E-state index in [0.29, 0.717) is 19.0 Å². The number of aromatic nitrogens is 1. The summed E-state index contributed by atoms with van der Waals surface area (Å²) in [6.45, 7) is 5.38. The zero-order valence-corrected chi connectivity index (χ0v) is 22.1. The molecular formula is C27H34IN5O. The summed E-state index contributed by atoms with van der Waals surface area (Å²) < 4.78 is 5.83. The van der Waals surface area contributed by atoms with E-state index in [1.54, 1.807) is 13.2 Å². The zero-order valence-electron chi connectivity index (χ0n) is 19.7. The number of nitrogens with one attached hydrogen (secondary N) is 2. The highest BCUT2D eigenvalue weighted by Gasteiger charge is 2.11. The number of guanidine groups is 1. The molecule has 4 rings (SSSR count). The second kappa shape index (κ2) is 13.9. The van der Waals surface area contributed by atoms with Crippen LogP contribution in [0.2, 0.25) is 0 Å². The van der Waals surface area contributed by atoms with Crippen LogP contribution in [0.25, 0.3) is 0 Å². The van der Waals surface area contributed by atoms with Gasteiger partial charge < -0.3 is 15.4 Å². The zero-order chi connectivity index (χ0) is 22.7. The number of ether oxygens (including phenoxy) is 1. The van der Waals surface area contributed by atoms with Crippen LogP contribution in [0.5, 0.6) is 5.88 Å². The summed E-state index contributed by atoms with van der Waals surface area (Å²) in [6, 6.07) is 22.9. The van der Waals surface area contributed by atoms with Crippen LogP contribution in [0.1, 0.15) is 35.1 Å². The van der Waals surface area contributed by atoms with E-state index in [4.69, 9.17) is 4.74 Å². The average molecular weight is 572 g/mol. The first-order valence-corrected chi connectivity index (χ1v) is 11.6. The molecule has 1 aliphatic heterocycles. The standard InChI is InChI=1S/C27H33N5O.HI/c1-28-27(30-18-22-9-11-23(12-10-22)20-32-15-5-6-16-32)31-19-25-13-14-29-26(17-25)33-21-24-7-3-2-4-8-24;/h2-4,7-14,17H,5-6,15-16,18-21H2,1H3,(H2,28,30,31);1H. The fourth-order valence-corrected chi connectivity index (χ4v) is 3.92. The summed E-state index contributed by atoms with van der Waals surface area (Å²) in [5.41, 5.74) is 4.83. The van der Waals surface area contributed by atoms with Gasteiger partial charge in [0.1, 0.15) is 6.61 Å². The van der Waals surface area contributed by atoms with Crippen molar-refractivity contribution < 1.29 is 4.74 Å². The van der Waals surface area contributed by atoms with Gasteiger partial charge in [-0.1, -0.05) is 54.6 Å². The molecule has 0 aliphatic carbocycles. The largest absolute Gasteiger partial charge is 0.473 e. The fourth-order valence-electron chi connectivity index (χ4n) is 3.92. The van der Waals surface area contributed by atoms with E-state index >= 15 is 0 Å². The monoisotopic (exact) mass is 571 g/mol. The number of nitrogens with zero attached hydrogens (tertiary/aromatic N) is 3. The SMILES string of the molecule is CN=C(NCc1ccc(CN2CCCC2)cc1)NCc1ccnc(OCc2ccccc2)c1.I. The van der Waals surface area contributed by atoms with Crippen LogP contribution in [0, 0.1) is 0 Å². The Hall–Kier alpha value is -2.65. The third kappa shape index (κ3) is 8.29. The molecular weight excluding hydrogens is 537 g/mol. The second-order valence-electron chi connectivity index (χ2n) is 8.36. The number of benzene rings is 2. The van der Waals surface area contributed by atoms with Crippen LogP contribution in [0.3, 0.4) is 0 Å². The van der Waals surface area contributed by atoms with Gasteiger partial charge in [0, 0.05) is 38.9 Å². The van der Waals surface area contributed by atoms with Gasteiger partial charge in [0.25, 0.3) is 0 Å². The molecule has 0 atom stereocenters. The van der Waals surface area contributed by atoms with E-state index in [1.807, 2.05) is 42.5 Å². The second-order valence-corrected chi connectivity index (χ2v) is 8.36. The Balaban J connectivity index is 0.00000324. The lowest BCUT2D eigenvalue weighted by Crippen LogP contribution is -2.36. The van der Waals surface area contributed by atoms with E-state index in [1.165, 1.54) is 37.1 Å². The molecule has 7 heteroatoms. The molecule has 0 amide bonds. The normalized spacial score (nSPS) is 13.9. The van der Waals surface area contributed by atoms with Gasteiger partial charge in [-0.15, -0.1) is 24.0 Å². The topological polar surface area (TPSA) is 61.8 Å². The summed E-state index contributed by atoms with van der Waals surface area (Å²) in [5.74, 6) is 1.38. The Labute approximate surface area is 219 Å². The molecule has 180 valence electrons. The lowest BCUT2D eigenvalue weighted by molar-refractivity contribution is 0.293. The number of hydrogen-bond donors (Lipinski definition) is 2. The van der Waals surface area contributed by atoms with Gasteiger partial charge in [-0.25, -0.2) is 4.98 Å². The molecule has 1 saturated heterocycles. The number of aliphatic imine (C=N–C) groups is 1. The maximum absolute atomic E-state index is 5.83. The lowest BCUT2D eigenvalue weighted by atomic mass is 10.1. The maximum atomic E-state index is 5.83. The minimum absolute atomic E-state index is 0. The molecule has 2 aromatic carbocycles. The number of halogens is 1. The number of likely N-dealkylation sites (tertiary alicyclic amines) is 1. The number of hydrogen-bond acceptors (Lipinski definition) is 4. The van der Waals surface area contributed by atoms with Crippen molar-refractivity contribution in [2.45, 2.75) is 39.1 Å². The first-order chi connectivity index (χ1) is 16.3. The van der Waals surface area contributed by atoms with Crippen molar-refractivity contribution in [3.63, 3.8) is 0 Å². The molecule has 34 heavy (non-hydrogen) atoms. The molecule has 0 radical (unpaired) electrons. The molecule has 1 fully saturated rings. The summed E-state index contributed by atoms with van der Waals surface area (Å²) >= 11 is 0. The van der Waals surface area contributed by atoms with E-state index in [-0.39, 0.29) is 24.0 Å². The van der Waals surface area contributed by atoms with Crippen LogP contribution in [0.15, 0.2) is 77.9 Å². The van der Waals surface area contributed by atoms with Gasteiger partial charge in [0.2, 0.25) is 5.88 Å². The quantitative estimate of drug-likeness (QED) is 0.221. The van der Waals surface area contributed by atoms with Crippen molar-refractivity contribution in [2.24, 2.45) is 4.99 Å². The molecule has 0 spiro atoms. The van der Waals surface area contributed by atoms with Crippen molar-refractivity contribution in [1.82, 2.24) is 20.5 Å². The van der Waals surface area contributed by atoms with E-state index in [2.05, 4.69) is 49.8 Å². The number of pyridine rings is 1. The summed E-state index contributed by atoms with van der Waals surface area (Å²) in [4.78, 5) is 11.2. The third-order valence-electron chi connectivity index (χ3n) is 5.80. The summed E-state index contributed by atoms with van der Waals surface area (Å²) in [6.07, 6.45) is 4.43. The molecule has 1 aliphatic rings. The summed E-state index contributed by atoms with van der Waals surface area (Å²) in [7, 11) is 1.79. The van der Waals surface area contributed by atoms with E-state index in [0.717, 1.165) is 30.2 Å². The highest BCUT2D eigenvalue weighted by molar-refractivity contribution is 14.0.